The molecule has 156 valence electrons. The molecule has 1 aliphatic rings. The molecule has 0 spiro atoms. The van der Waals surface area contributed by atoms with Crippen molar-refractivity contribution in [3.63, 3.8) is 0 Å². The van der Waals surface area contributed by atoms with Crippen LogP contribution in [-0.2, 0) is 17.9 Å². The number of carbonyl (C=O) groups is 2. The van der Waals surface area contributed by atoms with Crippen molar-refractivity contribution in [1.82, 2.24) is 9.47 Å². The molecule has 0 saturated carbocycles. The van der Waals surface area contributed by atoms with Crippen LogP contribution < -0.4 is 5.73 Å². The largest absolute Gasteiger partial charge is 0.368 e. The van der Waals surface area contributed by atoms with Gasteiger partial charge in [0.1, 0.15) is 6.54 Å². The highest BCUT2D eigenvalue weighted by Gasteiger charge is 2.27. The molecule has 0 radical (unpaired) electrons. The number of primary amides is 1. The minimum Gasteiger partial charge on any atom is -0.368 e. The molecular formula is C24H27N3O2S. The summed E-state index contributed by atoms with van der Waals surface area (Å²) in [6, 6.07) is 16.0. The molecule has 1 amide bonds. The quantitative estimate of drug-likeness (QED) is 0.463. The van der Waals surface area contributed by atoms with E-state index in [4.69, 9.17) is 5.73 Å². The van der Waals surface area contributed by atoms with Gasteiger partial charge in [-0.2, -0.15) is 0 Å². The van der Waals surface area contributed by atoms with Crippen molar-refractivity contribution in [2.75, 3.05) is 19.3 Å². The third-order valence-corrected chi connectivity index (χ3v) is 6.59. The number of thioether (sulfide) groups is 1. The Morgan fingerprint density at radius 3 is 2.63 bits per heavy atom. The van der Waals surface area contributed by atoms with E-state index in [1.807, 2.05) is 59.5 Å². The first kappa shape index (κ1) is 20.7. The second-order valence-electron chi connectivity index (χ2n) is 7.93. The summed E-state index contributed by atoms with van der Waals surface area (Å²) in [7, 11) is 0. The lowest BCUT2D eigenvalue weighted by atomic mass is 9.90. The van der Waals surface area contributed by atoms with Gasteiger partial charge in [0.15, 0.2) is 5.78 Å². The Labute approximate surface area is 181 Å². The molecule has 0 aliphatic carbocycles. The fourth-order valence-corrected chi connectivity index (χ4v) is 4.80. The van der Waals surface area contributed by atoms with Gasteiger partial charge in [0.25, 0.3) is 0 Å². The molecular weight excluding hydrogens is 394 g/mol. The average molecular weight is 422 g/mol. The first-order valence-electron chi connectivity index (χ1n) is 10.3. The highest BCUT2D eigenvalue weighted by molar-refractivity contribution is 7.98. The molecule has 1 fully saturated rings. The molecule has 0 bridgehead atoms. The van der Waals surface area contributed by atoms with Crippen molar-refractivity contribution in [1.29, 1.82) is 0 Å². The van der Waals surface area contributed by atoms with Gasteiger partial charge in [-0.05, 0) is 49.4 Å². The summed E-state index contributed by atoms with van der Waals surface area (Å²) >= 11 is 1.68. The smallest absolute Gasteiger partial charge is 0.237 e. The van der Waals surface area contributed by atoms with Gasteiger partial charge in [-0.1, -0.05) is 30.3 Å². The first-order valence-corrected chi connectivity index (χ1v) is 11.5. The van der Waals surface area contributed by atoms with Gasteiger partial charge in [0.2, 0.25) is 5.91 Å². The number of Topliss-reactive ketones (excluding diaryl/α,β-unsaturated/α-hetero) is 1. The van der Waals surface area contributed by atoms with Crippen LogP contribution in [0.5, 0.6) is 0 Å². The highest BCUT2D eigenvalue weighted by Crippen LogP contribution is 2.27. The number of benzene rings is 2. The van der Waals surface area contributed by atoms with Crippen molar-refractivity contribution in [2.24, 2.45) is 11.7 Å². The number of likely N-dealkylation sites (tertiary alicyclic amines) is 1. The van der Waals surface area contributed by atoms with Crippen molar-refractivity contribution < 1.29 is 9.59 Å². The number of aromatic nitrogens is 1. The van der Waals surface area contributed by atoms with Gasteiger partial charge in [0, 0.05) is 46.6 Å². The summed E-state index contributed by atoms with van der Waals surface area (Å²) in [6.45, 7) is 2.68. The minimum atomic E-state index is -0.349. The number of nitrogens with two attached hydrogens (primary N) is 1. The van der Waals surface area contributed by atoms with Gasteiger partial charge in [0.05, 0.1) is 0 Å². The Hall–Kier alpha value is -2.57. The molecule has 1 aliphatic heterocycles. The lowest BCUT2D eigenvalue weighted by Gasteiger charge is -2.32. The summed E-state index contributed by atoms with van der Waals surface area (Å²) in [5.41, 5.74) is 8.42. The van der Waals surface area contributed by atoms with E-state index in [1.54, 1.807) is 11.8 Å². The Morgan fingerprint density at radius 2 is 1.90 bits per heavy atom. The fraction of sp³-hybridized carbons (Fsp3) is 0.333. The van der Waals surface area contributed by atoms with E-state index in [9.17, 15) is 9.59 Å². The summed E-state index contributed by atoms with van der Waals surface area (Å²) < 4.78 is 1.92. The summed E-state index contributed by atoms with van der Waals surface area (Å²) in [6.07, 6.45) is 6.01. The maximum Gasteiger partial charge on any atom is 0.237 e. The number of hydrogen-bond donors (Lipinski definition) is 1. The van der Waals surface area contributed by atoms with Crippen LogP contribution in [0.15, 0.2) is 59.6 Å². The summed E-state index contributed by atoms with van der Waals surface area (Å²) in [5, 5.41) is 1.14. The molecule has 30 heavy (non-hydrogen) atoms. The molecule has 4 rings (SSSR count). The lowest BCUT2D eigenvalue weighted by molar-refractivity contribution is -0.118. The van der Waals surface area contributed by atoms with Crippen LogP contribution in [0, 0.1) is 5.92 Å². The van der Waals surface area contributed by atoms with Gasteiger partial charge in [-0.15, -0.1) is 11.8 Å². The number of amides is 1. The molecule has 2 N–H and O–H groups in total. The van der Waals surface area contributed by atoms with Crippen LogP contribution >= 0.6 is 11.8 Å². The maximum atomic E-state index is 13.0. The Kier molecular flexibility index (Phi) is 6.25. The number of fused-ring (bicyclic) bond motifs is 1. The van der Waals surface area contributed by atoms with Gasteiger partial charge in [-0.3, -0.25) is 14.5 Å². The lowest BCUT2D eigenvalue weighted by Crippen LogP contribution is -2.38. The second-order valence-corrected chi connectivity index (χ2v) is 8.81. The SMILES string of the molecule is CSc1ccc(C(=O)[C@@H]2CCCN(Cc3cn(CC(N)=O)c4ccccc34)C2)cc1. The predicted octanol–water partition coefficient (Wildman–Crippen LogP) is 3.94. The van der Waals surface area contributed by atoms with Crippen LogP contribution in [0.4, 0.5) is 0 Å². The normalized spacial score (nSPS) is 17.3. The second kappa shape index (κ2) is 9.06. The van der Waals surface area contributed by atoms with Crippen LogP contribution in [0.25, 0.3) is 10.9 Å². The zero-order chi connectivity index (χ0) is 21.1. The number of ketones is 1. The molecule has 2 aromatic carbocycles. The Balaban J connectivity index is 1.50. The molecule has 1 atom stereocenters. The average Bonchev–Trinajstić information content (AvgIpc) is 3.10. The fourth-order valence-electron chi connectivity index (χ4n) is 4.39. The Morgan fingerprint density at radius 1 is 1.13 bits per heavy atom. The van der Waals surface area contributed by atoms with E-state index >= 15 is 0 Å². The number of nitrogens with zero attached hydrogens (tertiary/aromatic N) is 2. The van der Waals surface area contributed by atoms with Crippen LogP contribution in [-0.4, -0.2) is 40.5 Å². The molecule has 1 saturated heterocycles. The molecule has 1 aromatic heterocycles. The summed E-state index contributed by atoms with van der Waals surface area (Å²) in [4.78, 5) is 28.0. The van der Waals surface area contributed by atoms with Crippen LogP contribution in [0.1, 0.15) is 28.8 Å². The third kappa shape index (κ3) is 4.45. The van der Waals surface area contributed by atoms with Gasteiger partial charge in [-0.25, -0.2) is 0 Å². The molecule has 6 heteroatoms. The number of carbonyl (C=O) groups excluding carboxylic acids is 2. The van der Waals surface area contributed by atoms with E-state index in [-0.39, 0.29) is 24.2 Å². The Bertz CT molecular complexity index is 1060. The molecule has 3 aromatic rings. The van der Waals surface area contributed by atoms with Crippen molar-refractivity contribution in [3.05, 3.63) is 65.9 Å². The molecule has 5 nitrogen and oxygen atoms in total. The van der Waals surface area contributed by atoms with E-state index < -0.39 is 0 Å². The first-order chi connectivity index (χ1) is 14.5. The topological polar surface area (TPSA) is 68.3 Å². The number of piperidine rings is 1. The molecule has 2 heterocycles. The zero-order valence-electron chi connectivity index (χ0n) is 17.2. The van der Waals surface area contributed by atoms with E-state index in [0.717, 1.165) is 48.9 Å². The highest BCUT2D eigenvalue weighted by atomic mass is 32.2. The van der Waals surface area contributed by atoms with Crippen LogP contribution in [0.3, 0.4) is 0 Å². The minimum absolute atomic E-state index is 0.0258. The van der Waals surface area contributed by atoms with Crippen molar-refractivity contribution >= 4 is 34.4 Å². The van der Waals surface area contributed by atoms with Gasteiger partial charge >= 0.3 is 0 Å². The third-order valence-electron chi connectivity index (χ3n) is 5.84. The molecule has 0 unspecified atom stereocenters. The van der Waals surface area contributed by atoms with E-state index in [0.29, 0.717) is 0 Å². The number of hydrogen-bond acceptors (Lipinski definition) is 4. The van der Waals surface area contributed by atoms with Gasteiger partial charge < -0.3 is 10.3 Å². The van der Waals surface area contributed by atoms with Crippen molar-refractivity contribution in [3.8, 4) is 0 Å². The zero-order valence-corrected chi connectivity index (χ0v) is 18.0. The monoisotopic (exact) mass is 421 g/mol. The van der Waals surface area contributed by atoms with E-state index in [2.05, 4.69) is 11.0 Å². The number of rotatable bonds is 7. The number of para-hydroxylation sites is 1. The van der Waals surface area contributed by atoms with E-state index in [1.165, 1.54) is 10.5 Å². The summed E-state index contributed by atoms with van der Waals surface area (Å²) in [5.74, 6) is -0.0835. The van der Waals surface area contributed by atoms with Crippen molar-refractivity contribution in [2.45, 2.75) is 30.8 Å². The predicted molar refractivity (Wildman–Crippen MR) is 122 cm³/mol. The maximum absolute atomic E-state index is 13.0. The van der Waals surface area contributed by atoms with Crippen LogP contribution in [0.2, 0.25) is 0 Å². The standard InChI is InChI=1S/C24H27N3O2S/c1-30-20-10-8-17(9-11-20)24(29)18-5-4-12-26(13-18)14-19-15-27(16-23(25)28)22-7-3-2-6-21(19)22/h2-3,6-11,15,18H,4-5,12-14,16H2,1H3,(H2,25,28)/t18-/m1/s1.